The highest BCUT2D eigenvalue weighted by Crippen LogP contribution is 2.29. The third-order valence-corrected chi connectivity index (χ3v) is 7.87. The van der Waals surface area contributed by atoms with Crippen molar-refractivity contribution in [2.75, 3.05) is 55.8 Å². The molecule has 10 nitrogen and oxygen atoms in total. The number of nitrogens with one attached hydrogen (secondary N) is 1. The smallest absolute Gasteiger partial charge is 0.245 e. The van der Waals surface area contributed by atoms with Crippen molar-refractivity contribution >= 4 is 37.3 Å². The van der Waals surface area contributed by atoms with Crippen LogP contribution in [0.1, 0.15) is 0 Å². The molecule has 1 heterocycles. The molecule has 0 spiro atoms. The molecule has 3 rings (SSSR count). The maximum atomic E-state index is 13.6. The fourth-order valence-corrected chi connectivity index (χ4v) is 5.52. The SMILES string of the molecule is COc1ccc(S(=O)(=O)N2CCOCC2)cc1NC(=O)CN(c1cccc(F)c1)S(C)(=O)=O. The number of morpholine rings is 1. The lowest BCUT2D eigenvalue weighted by atomic mass is 10.3. The van der Waals surface area contributed by atoms with Crippen LogP contribution in [0.4, 0.5) is 15.8 Å². The molecule has 2 aromatic rings. The fraction of sp³-hybridized carbons (Fsp3) is 0.350. The summed E-state index contributed by atoms with van der Waals surface area (Å²) in [6.45, 7) is 0.298. The molecule has 33 heavy (non-hydrogen) atoms. The van der Waals surface area contributed by atoms with Crippen LogP contribution >= 0.6 is 0 Å². The van der Waals surface area contributed by atoms with E-state index in [1.165, 1.54) is 41.7 Å². The zero-order valence-corrected chi connectivity index (χ0v) is 19.7. The highest BCUT2D eigenvalue weighted by atomic mass is 32.2. The van der Waals surface area contributed by atoms with E-state index < -0.39 is 38.3 Å². The molecule has 2 aromatic carbocycles. The number of sulfonamides is 2. The first-order valence-corrected chi connectivity index (χ1v) is 13.1. The Hall–Kier alpha value is -2.74. The molecule has 1 aliphatic rings. The second kappa shape index (κ2) is 10.0. The monoisotopic (exact) mass is 501 g/mol. The maximum Gasteiger partial charge on any atom is 0.245 e. The predicted molar refractivity (Wildman–Crippen MR) is 120 cm³/mol. The van der Waals surface area contributed by atoms with Crippen molar-refractivity contribution in [3.8, 4) is 5.75 Å². The Labute approximate surface area is 192 Å². The Morgan fingerprint density at radius 1 is 1.15 bits per heavy atom. The molecule has 0 aliphatic carbocycles. The molecule has 180 valence electrons. The average molecular weight is 502 g/mol. The van der Waals surface area contributed by atoms with Crippen LogP contribution in [0.5, 0.6) is 5.75 Å². The van der Waals surface area contributed by atoms with Crippen LogP contribution in [0.15, 0.2) is 47.4 Å². The summed E-state index contributed by atoms with van der Waals surface area (Å²) < 4.78 is 76.3. The number of amides is 1. The molecule has 0 unspecified atom stereocenters. The van der Waals surface area contributed by atoms with Gasteiger partial charge < -0.3 is 14.8 Å². The zero-order chi connectivity index (χ0) is 24.2. The fourth-order valence-electron chi connectivity index (χ4n) is 3.23. The van der Waals surface area contributed by atoms with Gasteiger partial charge >= 0.3 is 0 Å². The summed E-state index contributed by atoms with van der Waals surface area (Å²) in [7, 11) is -6.42. The number of halogens is 1. The number of anilines is 2. The maximum absolute atomic E-state index is 13.6. The highest BCUT2D eigenvalue weighted by Gasteiger charge is 2.28. The van der Waals surface area contributed by atoms with Gasteiger partial charge in [-0.3, -0.25) is 9.10 Å². The largest absolute Gasteiger partial charge is 0.495 e. The van der Waals surface area contributed by atoms with Gasteiger partial charge in [0.05, 0.1) is 42.8 Å². The van der Waals surface area contributed by atoms with Crippen LogP contribution in [0.2, 0.25) is 0 Å². The zero-order valence-electron chi connectivity index (χ0n) is 18.0. The molecule has 1 N–H and O–H groups in total. The number of nitrogens with zero attached hydrogens (tertiary/aromatic N) is 2. The van der Waals surface area contributed by atoms with Gasteiger partial charge in [0.1, 0.15) is 18.1 Å². The highest BCUT2D eigenvalue weighted by molar-refractivity contribution is 7.92. The first kappa shape index (κ1) is 24.9. The van der Waals surface area contributed by atoms with Gasteiger partial charge in [0, 0.05) is 13.1 Å². The van der Waals surface area contributed by atoms with E-state index in [0.717, 1.165) is 22.7 Å². The van der Waals surface area contributed by atoms with E-state index in [1.807, 2.05) is 0 Å². The van der Waals surface area contributed by atoms with Gasteiger partial charge in [0.15, 0.2) is 0 Å². The van der Waals surface area contributed by atoms with Gasteiger partial charge in [0.2, 0.25) is 26.0 Å². The number of rotatable bonds is 8. The molecule has 1 saturated heterocycles. The Morgan fingerprint density at radius 3 is 2.45 bits per heavy atom. The number of hydrogen-bond donors (Lipinski definition) is 1. The van der Waals surface area contributed by atoms with Gasteiger partial charge in [-0.05, 0) is 36.4 Å². The Bertz CT molecular complexity index is 1230. The summed E-state index contributed by atoms with van der Waals surface area (Å²) in [4.78, 5) is 12.7. The second-order valence-electron chi connectivity index (χ2n) is 7.18. The summed E-state index contributed by atoms with van der Waals surface area (Å²) >= 11 is 0. The van der Waals surface area contributed by atoms with Gasteiger partial charge in [-0.15, -0.1) is 0 Å². The van der Waals surface area contributed by atoms with Crippen LogP contribution in [0, 0.1) is 5.82 Å². The minimum Gasteiger partial charge on any atom is -0.495 e. The quantitative estimate of drug-likeness (QED) is 0.578. The minimum absolute atomic E-state index is 0.0248. The van der Waals surface area contributed by atoms with E-state index in [2.05, 4.69) is 5.32 Å². The third-order valence-electron chi connectivity index (χ3n) is 4.84. The molecular weight excluding hydrogens is 477 g/mol. The van der Waals surface area contributed by atoms with Gasteiger partial charge in [-0.1, -0.05) is 6.07 Å². The lowest BCUT2D eigenvalue weighted by Crippen LogP contribution is -2.40. The van der Waals surface area contributed by atoms with Crippen LogP contribution in [0.25, 0.3) is 0 Å². The van der Waals surface area contributed by atoms with Gasteiger partial charge in [-0.25, -0.2) is 21.2 Å². The third kappa shape index (κ3) is 5.99. The number of methoxy groups -OCH3 is 1. The van der Waals surface area contributed by atoms with E-state index in [1.54, 1.807) is 0 Å². The molecule has 0 radical (unpaired) electrons. The molecule has 0 bridgehead atoms. The Kier molecular flexibility index (Phi) is 7.57. The van der Waals surface area contributed by atoms with Crippen LogP contribution in [-0.2, 0) is 29.6 Å². The normalized spacial score (nSPS) is 15.1. The molecule has 1 aliphatic heterocycles. The first-order valence-electron chi connectivity index (χ1n) is 9.81. The number of ether oxygens (including phenoxy) is 2. The molecule has 13 heteroatoms. The van der Waals surface area contributed by atoms with Crippen LogP contribution < -0.4 is 14.4 Å². The predicted octanol–water partition coefficient (Wildman–Crippen LogP) is 1.26. The number of carbonyl (C=O) groups excluding carboxylic acids is 1. The van der Waals surface area contributed by atoms with Crippen molar-refractivity contribution < 1.29 is 35.5 Å². The van der Waals surface area contributed by atoms with Crippen molar-refractivity contribution in [2.45, 2.75) is 4.90 Å². The van der Waals surface area contributed by atoms with E-state index in [0.29, 0.717) is 0 Å². The lowest BCUT2D eigenvalue weighted by molar-refractivity contribution is -0.114. The van der Waals surface area contributed by atoms with E-state index in [4.69, 9.17) is 9.47 Å². The van der Waals surface area contributed by atoms with E-state index in [-0.39, 0.29) is 48.3 Å². The van der Waals surface area contributed by atoms with Crippen molar-refractivity contribution in [3.63, 3.8) is 0 Å². The van der Waals surface area contributed by atoms with Gasteiger partial charge in [-0.2, -0.15) is 4.31 Å². The van der Waals surface area contributed by atoms with Crippen LogP contribution in [0.3, 0.4) is 0 Å². The van der Waals surface area contributed by atoms with Crippen molar-refractivity contribution in [1.82, 2.24) is 4.31 Å². The number of benzene rings is 2. The molecule has 0 saturated carbocycles. The number of hydrogen-bond acceptors (Lipinski definition) is 7. The van der Waals surface area contributed by atoms with Crippen molar-refractivity contribution in [1.29, 1.82) is 0 Å². The lowest BCUT2D eigenvalue weighted by Gasteiger charge is -2.26. The summed E-state index contributed by atoms with van der Waals surface area (Å²) in [5.41, 5.74) is 0.0211. The first-order chi connectivity index (χ1) is 15.5. The second-order valence-corrected chi connectivity index (χ2v) is 11.0. The average Bonchev–Trinajstić information content (AvgIpc) is 2.77. The van der Waals surface area contributed by atoms with E-state index in [9.17, 15) is 26.0 Å². The molecule has 1 fully saturated rings. The van der Waals surface area contributed by atoms with E-state index >= 15 is 0 Å². The Balaban J connectivity index is 1.86. The summed E-state index contributed by atoms with van der Waals surface area (Å²) in [6.07, 6.45) is 0.890. The molecule has 1 amide bonds. The minimum atomic E-state index is -3.92. The molecular formula is C20H24FN3O7S2. The van der Waals surface area contributed by atoms with Crippen molar-refractivity contribution in [3.05, 3.63) is 48.3 Å². The number of carbonyl (C=O) groups is 1. The molecule has 0 atom stereocenters. The Morgan fingerprint density at radius 2 is 1.85 bits per heavy atom. The molecule has 0 aromatic heterocycles. The van der Waals surface area contributed by atoms with Crippen molar-refractivity contribution in [2.24, 2.45) is 0 Å². The van der Waals surface area contributed by atoms with Gasteiger partial charge in [0.25, 0.3) is 0 Å². The van der Waals surface area contributed by atoms with Crippen LogP contribution in [-0.4, -0.2) is 73.3 Å². The summed E-state index contributed by atoms with van der Waals surface area (Å²) in [5, 5.41) is 2.49. The summed E-state index contributed by atoms with van der Waals surface area (Å²) in [5.74, 6) is -1.26. The topological polar surface area (TPSA) is 122 Å². The standard InChI is InChI=1S/C20H24FN3O7S2/c1-30-19-7-6-17(33(28,29)23-8-10-31-11-9-23)13-18(19)22-20(25)14-24(32(2,26)27)16-5-3-4-15(21)12-16/h3-7,12-13H,8-11,14H2,1-2H3,(H,22,25). The summed E-state index contributed by atoms with van der Waals surface area (Å²) in [6, 6.07) is 8.81.